The monoisotopic (exact) mass is 277 g/mol. The Kier molecular flexibility index (Phi) is 7.01. The van der Waals surface area contributed by atoms with Crippen LogP contribution >= 0.6 is 12.4 Å². The molecule has 0 atom stereocenters. The minimum Gasteiger partial charge on any atom is -0.492 e. The summed E-state index contributed by atoms with van der Waals surface area (Å²) in [5.74, 6) is 0.946. The topological polar surface area (TPSA) is 21.3 Å². The second kappa shape index (κ2) is 8.57. The Morgan fingerprint density at radius 1 is 0.947 bits per heavy atom. The molecule has 102 valence electrons. The number of hydrogen-bond donors (Lipinski definition) is 1. The van der Waals surface area contributed by atoms with Gasteiger partial charge in [-0.05, 0) is 18.2 Å². The van der Waals surface area contributed by atoms with E-state index in [0.29, 0.717) is 6.61 Å². The van der Waals surface area contributed by atoms with Gasteiger partial charge in [0.1, 0.15) is 12.4 Å². The third-order valence-corrected chi connectivity index (χ3v) is 2.76. The minimum absolute atomic E-state index is 0. The van der Waals surface area contributed by atoms with E-state index in [4.69, 9.17) is 4.74 Å². The molecule has 0 fully saturated rings. The Hall–Kier alpha value is -1.51. The highest BCUT2D eigenvalue weighted by molar-refractivity contribution is 5.85. The number of para-hydroxylation sites is 1. The molecule has 0 unspecified atom stereocenters. The highest BCUT2D eigenvalue weighted by Crippen LogP contribution is 2.29. The fraction of sp³-hybridized carbons (Fsp3) is 0.250. The number of hydrogen-bond acceptors (Lipinski definition) is 2. The molecule has 19 heavy (non-hydrogen) atoms. The summed E-state index contributed by atoms with van der Waals surface area (Å²) in [5, 5.41) is 3.25. The summed E-state index contributed by atoms with van der Waals surface area (Å²) in [6.45, 7) is 4.64. The van der Waals surface area contributed by atoms with Crippen molar-refractivity contribution in [1.82, 2.24) is 5.32 Å². The van der Waals surface area contributed by atoms with Gasteiger partial charge in [0.05, 0.1) is 0 Å². The van der Waals surface area contributed by atoms with Crippen LogP contribution in [0.25, 0.3) is 11.1 Å². The van der Waals surface area contributed by atoms with Gasteiger partial charge in [0, 0.05) is 12.1 Å². The van der Waals surface area contributed by atoms with Crippen molar-refractivity contribution in [3.05, 3.63) is 54.6 Å². The largest absolute Gasteiger partial charge is 0.492 e. The van der Waals surface area contributed by atoms with Crippen LogP contribution in [0.5, 0.6) is 5.75 Å². The maximum absolute atomic E-state index is 5.83. The molecule has 0 aliphatic heterocycles. The van der Waals surface area contributed by atoms with Gasteiger partial charge in [-0.25, -0.2) is 0 Å². The maximum atomic E-state index is 5.83. The van der Waals surface area contributed by atoms with Gasteiger partial charge in [0.25, 0.3) is 0 Å². The SMILES string of the molecule is CCNCCOc1ccccc1-c1ccccc1.Cl. The molecule has 2 aromatic rings. The number of halogens is 1. The molecule has 2 aromatic carbocycles. The van der Waals surface area contributed by atoms with Gasteiger partial charge in [-0.15, -0.1) is 12.4 Å². The van der Waals surface area contributed by atoms with Crippen LogP contribution in [0.3, 0.4) is 0 Å². The molecule has 0 saturated heterocycles. The molecular formula is C16H20ClNO. The first-order valence-electron chi connectivity index (χ1n) is 6.40. The van der Waals surface area contributed by atoms with Crippen LogP contribution in [0.1, 0.15) is 6.92 Å². The van der Waals surface area contributed by atoms with E-state index < -0.39 is 0 Å². The van der Waals surface area contributed by atoms with Crippen molar-refractivity contribution in [2.75, 3.05) is 19.7 Å². The average Bonchev–Trinajstić information content (AvgIpc) is 2.45. The number of nitrogens with one attached hydrogen (secondary N) is 1. The molecule has 0 aromatic heterocycles. The molecule has 1 N–H and O–H groups in total. The first-order valence-corrected chi connectivity index (χ1v) is 6.40. The van der Waals surface area contributed by atoms with E-state index in [2.05, 4.69) is 30.4 Å². The molecular weight excluding hydrogens is 258 g/mol. The zero-order valence-electron chi connectivity index (χ0n) is 11.1. The van der Waals surface area contributed by atoms with Crippen molar-refractivity contribution >= 4 is 12.4 Å². The molecule has 0 radical (unpaired) electrons. The van der Waals surface area contributed by atoms with Gasteiger partial charge in [-0.2, -0.15) is 0 Å². The Morgan fingerprint density at radius 3 is 2.37 bits per heavy atom. The van der Waals surface area contributed by atoms with Gasteiger partial charge in [0.15, 0.2) is 0 Å². The smallest absolute Gasteiger partial charge is 0.127 e. The predicted octanol–water partition coefficient (Wildman–Crippen LogP) is 3.76. The predicted molar refractivity (Wildman–Crippen MR) is 83.2 cm³/mol. The molecule has 0 amide bonds. The third-order valence-electron chi connectivity index (χ3n) is 2.76. The van der Waals surface area contributed by atoms with Gasteiger partial charge in [0.2, 0.25) is 0 Å². The Bertz CT molecular complexity index is 473. The molecule has 3 heteroatoms. The molecule has 0 aliphatic carbocycles. The summed E-state index contributed by atoms with van der Waals surface area (Å²) < 4.78 is 5.83. The molecule has 2 rings (SSSR count). The summed E-state index contributed by atoms with van der Waals surface area (Å²) in [7, 11) is 0. The molecule has 0 bridgehead atoms. The lowest BCUT2D eigenvalue weighted by Crippen LogP contribution is -2.20. The summed E-state index contributed by atoms with van der Waals surface area (Å²) >= 11 is 0. The molecule has 0 aliphatic rings. The van der Waals surface area contributed by atoms with E-state index in [0.717, 1.165) is 24.4 Å². The van der Waals surface area contributed by atoms with E-state index in [1.165, 1.54) is 5.56 Å². The Labute approximate surface area is 121 Å². The van der Waals surface area contributed by atoms with Gasteiger partial charge in [-0.1, -0.05) is 55.5 Å². The van der Waals surface area contributed by atoms with Crippen LogP contribution in [0, 0.1) is 0 Å². The van der Waals surface area contributed by atoms with Crippen LogP contribution < -0.4 is 10.1 Å². The fourth-order valence-corrected chi connectivity index (χ4v) is 1.86. The summed E-state index contributed by atoms with van der Waals surface area (Å²) in [6, 6.07) is 18.5. The number of likely N-dealkylation sites (N-methyl/N-ethyl adjacent to an activating group) is 1. The van der Waals surface area contributed by atoms with Gasteiger partial charge >= 0.3 is 0 Å². The molecule has 0 spiro atoms. The second-order valence-electron chi connectivity index (χ2n) is 4.06. The highest BCUT2D eigenvalue weighted by Gasteiger charge is 2.04. The Balaban J connectivity index is 0.00000180. The van der Waals surface area contributed by atoms with Crippen molar-refractivity contribution in [2.24, 2.45) is 0 Å². The van der Waals surface area contributed by atoms with Crippen molar-refractivity contribution in [1.29, 1.82) is 0 Å². The lowest BCUT2D eigenvalue weighted by molar-refractivity contribution is 0.316. The maximum Gasteiger partial charge on any atom is 0.127 e. The lowest BCUT2D eigenvalue weighted by atomic mass is 10.1. The van der Waals surface area contributed by atoms with E-state index in [1.807, 2.05) is 36.4 Å². The fourth-order valence-electron chi connectivity index (χ4n) is 1.86. The zero-order valence-corrected chi connectivity index (χ0v) is 12.0. The van der Waals surface area contributed by atoms with Crippen molar-refractivity contribution in [3.8, 4) is 16.9 Å². The second-order valence-corrected chi connectivity index (χ2v) is 4.06. The van der Waals surface area contributed by atoms with Crippen LogP contribution in [-0.4, -0.2) is 19.7 Å². The zero-order chi connectivity index (χ0) is 12.6. The third kappa shape index (κ3) is 4.58. The highest BCUT2D eigenvalue weighted by atomic mass is 35.5. The Morgan fingerprint density at radius 2 is 1.63 bits per heavy atom. The normalized spacial score (nSPS) is 9.74. The van der Waals surface area contributed by atoms with Crippen LogP contribution in [-0.2, 0) is 0 Å². The van der Waals surface area contributed by atoms with Crippen LogP contribution in [0.15, 0.2) is 54.6 Å². The quantitative estimate of drug-likeness (QED) is 0.812. The lowest BCUT2D eigenvalue weighted by Gasteiger charge is -2.11. The van der Waals surface area contributed by atoms with E-state index in [9.17, 15) is 0 Å². The summed E-state index contributed by atoms with van der Waals surface area (Å²) in [5.41, 5.74) is 2.34. The van der Waals surface area contributed by atoms with Crippen molar-refractivity contribution in [3.63, 3.8) is 0 Å². The van der Waals surface area contributed by atoms with Crippen molar-refractivity contribution in [2.45, 2.75) is 6.92 Å². The van der Waals surface area contributed by atoms with Crippen LogP contribution in [0.4, 0.5) is 0 Å². The standard InChI is InChI=1S/C16H19NO.ClH/c1-2-17-12-13-18-16-11-7-6-10-15(16)14-8-4-3-5-9-14;/h3-11,17H,2,12-13H2,1H3;1H. The van der Waals surface area contributed by atoms with E-state index in [1.54, 1.807) is 0 Å². The van der Waals surface area contributed by atoms with Crippen molar-refractivity contribution < 1.29 is 4.74 Å². The first kappa shape index (κ1) is 15.5. The first-order chi connectivity index (χ1) is 8.92. The number of ether oxygens (including phenoxy) is 1. The minimum atomic E-state index is 0. The van der Waals surface area contributed by atoms with E-state index >= 15 is 0 Å². The number of rotatable bonds is 6. The summed E-state index contributed by atoms with van der Waals surface area (Å²) in [4.78, 5) is 0. The summed E-state index contributed by atoms with van der Waals surface area (Å²) in [6.07, 6.45) is 0. The van der Waals surface area contributed by atoms with Crippen LogP contribution in [0.2, 0.25) is 0 Å². The van der Waals surface area contributed by atoms with E-state index in [-0.39, 0.29) is 12.4 Å². The number of benzene rings is 2. The molecule has 2 nitrogen and oxygen atoms in total. The molecule has 0 heterocycles. The van der Waals surface area contributed by atoms with Gasteiger partial charge in [-0.3, -0.25) is 0 Å². The average molecular weight is 278 g/mol. The molecule has 0 saturated carbocycles. The van der Waals surface area contributed by atoms with Gasteiger partial charge < -0.3 is 10.1 Å².